The lowest BCUT2D eigenvalue weighted by molar-refractivity contribution is 0.770. The van der Waals surface area contributed by atoms with Gasteiger partial charge >= 0.3 is 0 Å². The third kappa shape index (κ3) is 3.52. The number of fused-ring (bicyclic) bond motifs is 6. The highest BCUT2D eigenvalue weighted by molar-refractivity contribution is 7.99. The van der Waals surface area contributed by atoms with Crippen molar-refractivity contribution in [3.05, 3.63) is 192 Å². The molecule has 0 fully saturated rings. The van der Waals surface area contributed by atoms with Gasteiger partial charge in [-0.05, 0) is 96.1 Å². The highest BCUT2D eigenvalue weighted by Gasteiger charge is 2.46. The lowest BCUT2D eigenvalue weighted by atomic mass is 9.67. The fraction of sp³-hybridized carbons (Fsp3) is 0.0222. The molecule has 0 amide bonds. The third-order valence-corrected chi connectivity index (χ3v) is 11.3. The average Bonchev–Trinajstić information content (AvgIpc) is 3.41. The monoisotopic (exact) mass is 600 g/mol. The molecule has 1 aliphatic carbocycles. The van der Waals surface area contributed by atoms with E-state index < -0.39 is 5.41 Å². The van der Waals surface area contributed by atoms with Crippen LogP contribution < -0.4 is 0 Å². The van der Waals surface area contributed by atoms with Gasteiger partial charge < -0.3 is 0 Å². The average molecular weight is 601 g/mol. The Kier molecular flexibility index (Phi) is 5.53. The fourth-order valence-electron chi connectivity index (χ4n) is 8.17. The second-order valence-corrected chi connectivity index (χ2v) is 13.5. The number of hydrogen-bond acceptors (Lipinski definition) is 1. The van der Waals surface area contributed by atoms with Gasteiger partial charge in [-0.2, -0.15) is 0 Å². The lowest BCUT2D eigenvalue weighted by Crippen LogP contribution is -2.28. The Balaban J connectivity index is 1.20. The summed E-state index contributed by atoms with van der Waals surface area (Å²) >= 11 is 1.88. The van der Waals surface area contributed by atoms with Crippen molar-refractivity contribution in [2.24, 2.45) is 0 Å². The molecule has 0 N–H and O–H groups in total. The molecule has 46 heavy (non-hydrogen) atoms. The van der Waals surface area contributed by atoms with Crippen LogP contribution in [0.1, 0.15) is 22.3 Å². The summed E-state index contributed by atoms with van der Waals surface area (Å²) in [5.74, 6) is 0. The van der Waals surface area contributed by atoms with E-state index in [0.717, 1.165) is 0 Å². The standard InChI is InChI=1S/C45H28S/c1-2-13-32(14-3-1)45(40-19-8-6-15-35(40)39-27-30-11-4-5-12-31(30)28-41(39)45)33-23-21-29(22-24-33)34-25-26-43-44-37(34)17-10-18-38(44)36-16-7-9-20-42(36)46-43/h1-28H. The van der Waals surface area contributed by atoms with Crippen LogP contribution in [0, 0.1) is 0 Å². The summed E-state index contributed by atoms with van der Waals surface area (Å²) in [6, 6.07) is 63.3. The Labute approximate surface area is 273 Å². The van der Waals surface area contributed by atoms with Gasteiger partial charge in [0.2, 0.25) is 0 Å². The molecule has 0 saturated carbocycles. The summed E-state index contributed by atoms with van der Waals surface area (Å²) < 4.78 is 0. The first-order valence-corrected chi connectivity index (χ1v) is 16.7. The minimum Gasteiger partial charge on any atom is -0.0888 e. The molecule has 0 radical (unpaired) electrons. The van der Waals surface area contributed by atoms with Crippen molar-refractivity contribution < 1.29 is 0 Å². The van der Waals surface area contributed by atoms with Crippen LogP contribution in [-0.4, -0.2) is 0 Å². The molecule has 0 aromatic heterocycles. The van der Waals surface area contributed by atoms with Gasteiger partial charge in [-0.25, -0.2) is 0 Å². The first kappa shape index (κ1) is 25.9. The molecular weight excluding hydrogens is 573 g/mol. The van der Waals surface area contributed by atoms with E-state index in [9.17, 15) is 0 Å². The Morgan fingerprint density at radius 1 is 0.370 bits per heavy atom. The lowest BCUT2D eigenvalue weighted by Gasteiger charge is -2.34. The maximum Gasteiger partial charge on any atom is 0.0713 e. The molecule has 1 heteroatoms. The van der Waals surface area contributed by atoms with Crippen LogP contribution in [0.2, 0.25) is 0 Å². The van der Waals surface area contributed by atoms with E-state index in [1.807, 2.05) is 11.8 Å². The zero-order valence-electron chi connectivity index (χ0n) is 25.1. The summed E-state index contributed by atoms with van der Waals surface area (Å²) in [5.41, 5.74) is 12.7. The Morgan fingerprint density at radius 3 is 1.89 bits per heavy atom. The van der Waals surface area contributed by atoms with Crippen molar-refractivity contribution in [2.45, 2.75) is 15.2 Å². The van der Waals surface area contributed by atoms with Crippen molar-refractivity contribution >= 4 is 33.3 Å². The zero-order chi connectivity index (χ0) is 30.2. The first-order chi connectivity index (χ1) is 22.8. The molecule has 10 rings (SSSR count). The van der Waals surface area contributed by atoms with Crippen LogP contribution in [0.4, 0.5) is 0 Å². The summed E-state index contributed by atoms with van der Waals surface area (Å²) in [5, 5.41) is 5.22. The summed E-state index contributed by atoms with van der Waals surface area (Å²) in [7, 11) is 0. The zero-order valence-corrected chi connectivity index (χ0v) is 25.9. The van der Waals surface area contributed by atoms with E-state index in [-0.39, 0.29) is 0 Å². The van der Waals surface area contributed by atoms with Gasteiger partial charge in [0.25, 0.3) is 0 Å². The van der Waals surface area contributed by atoms with Crippen molar-refractivity contribution in [3.8, 4) is 33.4 Å². The summed E-state index contributed by atoms with van der Waals surface area (Å²) in [4.78, 5) is 2.66. The predicted octanol–water partition coefficient (Wildman–Crippen LogP) is 12.2. The van der Waals surface area contributed by atoms with Crippen LogP contribution in [0.3, 0.4) is 0 Å². The van der Waals surface area contributed by atoms with Gasteiger partial charge in [0.15, 0.2) is 0 Å². The van der Waals surface area contributed by atoms with E-state index in [0.29, 0.717) is 0 Å². The Morgan fingerprint density at radius 2 is 1.04 bits per heavy atom. The Bertz CT molecular complexity index is 2490. The molecule has 0 spiro atoms. The van der Waals surface area contributed by atoms with E-state index >= 15 is 0 Å². The van der Waals surface area contributed by atoms with Crippen molar-refractivity contribution in [2.75, 3.05) is 0 Å². The number of rotatable bonds is 3. The van der Waals surface area contributed by atoms with Gasteiger partial charge in [0, 0.05) is 15.2 Å². The molecule has 0 bridgehead atoms. The quantitative estimate of drug-likeness (QED) is 0.194. The van der Waals surface area contributed by atoms with Crippen LogP contribution in [0.5, 0.6) is 0 Å². The molecule has 1 unspecified atom stereocenters. The summed E-state index contributed by atoms with van der Waals surface area (Å²) in [6.45, 7) is 0. The molecule has 2 aliphatic rings. The number of benzene rings is 8. The van der Waals surface area contributed by atoms with Crippen molar-refractivity contribution in [1.82, 2.24) is 0 Å². The molecule has 1 aliphatic heterocycles. The van der Waals surface area contributed by atoms with Gasteiger partial charge in [-0.3, -0.25) is 0 Å². The smallest absolute Gasteiger partial charge is 0.0713 e. The topological polar surface area (TPSA) is 0 Å². The van der Waals surface area contributed by atoms with Crippen molar-refractivity contribution in [3.63, 3.8) is 0 Å². The SMILES string of the molecule is c1ccc(C2(c3ccc(-c4ccc5c6c(cccc46)-c4ccccc4S5)cc3)c3ccccc3-c3cc4ccccc4cc32)cc1. The van der Waals surface area contributed by atoms with E-state index in [2.05, 4.69) is 170 Å². The molecule has 0 nitrogen and oxygen atoms in total. The molecular formula is C45H28S. The van der Waals surface area contributed by atoms with E-state index in [1.54, 1.807) is 0 Å². The van der Waals surface area contributed by atoms with Gasteiger partial charge in [-0.15, -0.1) is 0 Å². The summed E-state index contributed by atoms with van der Waals surface area (Å²) in [6.07, 6.45) is 0. The minimum atomic E-state index is -0.421. The van der Waals surface area contributed by atoms with Gasteiger partial charge in [0.05, 0.1) is 5.41 Å². The molecule has 214 valence electrons. The third-order valence-electron chi connectivity index (χ3n) is 10.1. The number of hydrogen-bond donors (Lipinski definition) is 0. The minimum absolute atomic E-state index is 0.421. The molecule has 1 heterocycles. The highest BCUT2D eigenvalue weighted by atomic mass is 32.2. The van der Waals surface area contributed by atoms with Crippen LogP contribution >= 0.6 is 11.8 Å². The maximum atomic E-state index is 2.44. The maximum absolute atomic E-state index is 2.44. The van der Waals surface area contributed by atoms with Gasteiger partial charge in [-0.1, -0.05) is 157 Å². The predicted molar refractivity (Wildman–Crippen MR) is 194 cm³/mol. The van der Waals surface area contributed by atoms with E-state index in [1.165, 1.54) is 87.0 Å². The molecule has 8 aromatic carbocycles. The van der Waals surface area contributed by atoms with Gasteiger partial charge in [0.1, 0.15) is 0 Å². The molecule has 0 saturated heterocycles. The van der Waals surface area contributed by atoms with Crippen LogP contribution in [0.25, 0.3) is 54.9 Å². The fourth-order valence-corrected chi connectivity index (χ4v) is 9.30. The Hall–Kier alpha value is -5.37. The van der Waals surface area contributed by atoms with E-state index in [4.69, 9.17) is 0 Å². The first-order valence-electron chi connectivity index (χ1n) is 15.9. The second-order valence-electron chi connectivity index (χ2n) is 12.4. The highest BCUT2D eigenvalue weighted by Crippen LogP contribution is 2.57. The van der Waals surface area contributed by atoms with Crippen molar-refractivity contribution in [1.29, 1.82) is 0 Å². The second kappa shape index (κ2) is 9.81. The largest absolute Gasteiger partial charge is 0.0888 e. The molecule has 1 atom stereocenters. The normalized spacial score (nSPS) is 15.8. The van der Waals surface area contributed by atoms with Crippen LogP contribution in [0.15, 0.2) is 180 Å². The molecule has 8 aromatic rings. The van der Waals surface area contributed by atoms with Crippen LogP contribution in [-0.2, 0) is 5.41 Å².